The highest BCUT2D eigenvalue weighted by Gasteiger charge is 2.44. The van der Waals surface area contributed by atoms with Gasteiger partial charge >= 0.3 is 26.3 Å². The number of phosphoric ester groups is 1. The van der Waals surface area contributed by atoms with E-state index in [2.05, 4.69) is 19.9 Å². The van der Waals surface area contributed by atoms with Gasteiger partial charge in [0.25, 0.3) is 5.56 Å². The van der Waals surface area contributed by atoms with Crippen LogP contribution in [-0.4, -0.2) is 89.5 Å². The van der Waals surface area contributed by atoms with Crippen LogP contribution in [0.4, 0.5) is 5.82 Å². The molecule has 380 valence electrons. The molecule has 0 radical (unpaired) electrons. The molecule has 25 heteroatoms. The molecule has 22 nitrogen and oxygen atoms in total. The fraction of sp³-hybridized carbons (Fsp3) is 0.511. The molecule has 2 unspecified atom stereocenters. The second-order valence-electron chi connectivity index (χ2n) is 16.9. The number of phosphoric acid groups is 1. The summed E-state index contributed by atoms with van der Waals surface area (Å²) in [7, 11) is -4.84. The Morgan fingerprint density at radius 2 is 1.51 bits per heavy atom. The van der Waals surface area contributed by atoms with Crippen molar-refractivity contribution in [3.05, 3.63) is 105 Å². The SMILES string of the molecule is NCCCCCCCCCCCCOc1ccc(C(=O)Oc2ccc(CSP(=O)(O)OC[C@H]3O[C@@H](n4cnc5c(N)ncnc54)C[C@@H]3OP(=O)(O)OC[C@@H]3CC[C@H](n4ccc(=O)[nH]c4=O)O3)cc2)cc1. The molecular weight excluding hydrogens is 971 g/mol. The maximum absolute atomic E-state index is 13.4. The largest absolute Gasteiger partial charge is 0.494 e. The highest BCUT2D eigenvalue weighted by Crippen LogP contribution is 2.58. The van der Waals surface area contributed by atoms with Gasteiger partial charge in [-0.05, 0) is 85.6 Å². The lowest BCUT2D eigenvalue weighted by molar-refractivity contribution is -0.0456. The Labute approximate surface area is 407 Å². The minimum atomic E-state index is -4.84. The van der Waals surface area contributed by atoms with Crippen LogP contribution < -0.4 is 32.2 Å². The molecule has 2 aliphatic heterocycles. The number of esters is 1. The first kappa shape index (κ1) is 53.0. The number of H-pyrrole nitrogens is 1. The first-order valence-corrected chi connectivity index (χ1v) is 28.0. The summed E-state index contributed by atoms with van der Waals surface area (Å²) in [5.41, 5.74) is 11.9. The molecule has 2 aromatic carbocycles. The van der Waals surface area contributed by atoms with Crippen molar-refractivity contribution in [2.45, 2.75) is 120 Å². The number of nitrogen functional groups attached to an aromatic ring is 1. The third-order valence-electron chi connectivity index (χ3n) is 11.7. The second kappa shape index (κ2) is 25.6. The summed E-state index contributed by atoms with van der Waals surface area (Å²) in [4.78, 5) is 72.9. The number of nitrogens with one attached hydrogen (secondary N) is 1. The van der Waals surface area contributed by atoms with E-state index in [1.54, 1.807) is 48.5 Å². The highest BCUT2D eigenvalue weighted by atomic mass is 32.7. The van der Waals surface area contributed by atoms with E-state index in [0.717, 1.165) is 25.8 Å². The Morgan fingerprint density at radius 1 is 0.814 bits per heavy atom. The number of rotatable bonds is 28. The smallest absolute Gasteiger partial charge is 0.472 e. The lowest BCUT2D eigenvalue weighted by atomic mass is 10.1. The van der Waals surface area contributed by atoms with Crippen molar-refractivity contribution in [1.29, 1.82) is 0 Å². The third-order valence-corrected chi connectivity index (χ3v) is 15.7. The number of benzene rings is 2. The van der Waals surface area contributed by atoms with Crippen LogP contribution in [-0.2, 0) is 37.9 Å². The Kier molecular flexibility index (Phi) is 19.4. The molecule has 70 heavy (non-hydrogen) atoms. The number of ether oxygens (including phenoxy) is 4. The molecule has 3 aromatic heterocycles. The molecule has 2 aliphatic rings. The molecule has 7 N–H and O–H groups in total. The van der Waals surface area contributed by atoms with Gasteiger partial charge in [0.05, 0.1) is 37.8 Å². The zero-order valence-corrected chi connectivity index (χ0v) is 41.1. The summed E-state index contributed by atoms with van der Waals surface area (Å²) >= 11 is 0.629. The second-order valence-corrected chi connectivity index (χ2v) is 22.2. The molecule has 0 bridgehead atoms. The van der Waals surface area contributed by atoms with E-state index in [9.17, 15) is 33.3 Å². The van der Waals surface area contributed by atoms with Gasteiger partial charge in [-0.15, -0.1) is 0 Å². The number of hydrogen-bond donors (Lipinski definition) is 5. The van der Waals surface area contributed by atoms with Crippen LogP contribution in [0.15, 0.2) is 83.0 Å². The molecule has 5 heterocycles. The van der Waals surface area contributed by atoms with Crippen LogP contribution in [0.2, 0.25) is 0 Å². The number of carbonyl (C=O) groups is 1. The molecule has 5 aromatic rings. The monoisotopic (exact) mass is 1030 g/mol. The van der Waals surface area contributed by atoms with Gasteiger partial charge in [0.1, 0.15) is 48.0 Å². The van der Waals surface area contributed by atoms with Crippen molar-refractivity contribution in [3.8, 4) is 11.5 Å². The van der Waals surface area contributed by atoms with Gasteiger partial charge < -0.3 is 40.2 Å². The highest BCUT2D eigenvalue weighted by molar-refractivity contribution is 8.54. The van der Waals surface area contributed by atoms with Crippen LogP contribution in [0, 0.1) is 0 Å². The van der Waals surface area contributed by atoms with Gasteiger partial charge in [0.2, 0.25) is 0 Å². The number of fused-ring (bicyclic) bond motifs is 1. The minimum Gasteiger partial charge on any atom is -0.494 e. The predicted molar refractivity (Wildman–Crippen MR) is 259 cm³/mol. The van der Waals surface area contributed by atoms with Crippen LogP contribution in [0.5, 0.6) is 11.5 Å². The van der Waals surface area contributed by atoms with Crippen molar-refractivity contribution in [1.82, 2.24) is 29.1 Å². The van der Waals surface area contributed by atoms with Crippen LogP contribution in [0.25, 0.3) is 11.2 Å². The number of unbranched alkanes of at least 4 members (excludes halogenated alkanes) is 9. The molecule has 7 atom stereocenters. The van der Waals surface area contributed by atoms with Gasteiger partial charge in [-0.25, -0.2) is 33.7 Å². The summed E-state index contributed by atoms with van der Waals surface area (Å²) in [5.74, 6) is 0.555. The number of nitrogens with zero attached hydrogens (tertiary/aromatic N) is 5. The van der Waals surface area contributed by atoms with E-state index in [1.807, 2.05) is 0 Å². The summed E-state index contributed by atoms with van der Waals surface area (Å²) in [6.45, 7) is -3.90. The maximum Gasteiger partial charge on any atom is 0.472 e. The first-order chi connectivity index (χ1) is 33.8. The summed E-state index contributed by atoms with van der Waals surface area (Å²) in [5, 5.41) is 0. The third kappa shape index (κ3) is 15.6. The van der Waals surface area contributed by atoms with Gasteiger partial charge in [-0.2, -0.15) is 0 Å². The number of anilines is 1. The zero-order chi connectivity index (χ0) is 49.5. The summed E-state index contributed by atoms with van der Waals surface area (Å²) < 4.78 is 69.3. The number of nitrogens with two attached hydrogens (primary N) is 2. The fourth-order valence-corrected chi connectivity index (χ4v) is 11.2. The van der Waals surface area contributed by atoms with Gasteiger partial charge in [0.15, 0.2) is 11.5 Å². The van der Waals surface area contributed by atoms with Crippen LogP contribution >= 0.6 is 26.0 Å². The Bertz CT molecular complexity index is 2690. The van der Waals surface area contributed by atoms with E-state index >= 15 is 0 Å². The van der Waals surface area contributed by atoms with E-state index in [-0.39, 0.29) is 30.3 Å². The van der Waals surface area contributed by atoms with Crippen molar-refractivity contribution in [2.24, 2.45) is 5.73 Å². The fourth-order valence-electron chi connectivity index (χ4n) is 7.98. The van der Waals surface area contributed by atoms with Crippen LogP contribution in [0.3, 0.4) is 0 Å². The Morgan fingerprint density at radius 3 is 2.23 bits per heavy atom. The normalized spacial score (nSPS) is 20.9. The molecule has 0 aliphatic carbocycles. The first-order valence-electron chi connectivity index (χ1n) is 23.3. The molecule has 0 spiro atoms. The molecule has 0 saturated carbocycles. The molecule has 2 saturated heterocycles. The van der Waals surface area contributed by atoms with Crippen molar-refractivity contribution in [2.75, 3.05) is 32.1 Å². The minimum absolute atomic E-state index is 0.0380. The van der Waals surface area contributed by atoms with Crippen LogP contribution in [0.1, 0.15) is 112 Å². The van der Waals surface area contributed by atoms with Crippen molar-refractivity contribution in [3.63, 3.8) is 0 Å². The van der Waals surface area contributed by atoms with Crippen molar-refractivity contribution >= 4 is 49.0 Å². The molecular formula is C45H60N8O14P2S. The molecule has 2 fully saturated rings. The number of carbonyl (C=O) groups excluding carboxylic acids is 1. The topological polar surface area (TPSA) is 307 Å². The van der Waals surface area contributed by atoms with E-state index < -0.39 is 69.2 Å². The number of aromatic amines is 1. The van der Waals surface area contributed by atoms with Gasteiger partial charge in [0, 0.05) is 24.4 Å². The van der Waals surface area contributed by atoms with E-state index in [4.69, 9.17) is 44.0 Å². The van der Waals surface area contributed by atoms with E-state index in [1.165, 1.54) is 79.0 Å². The zero-order valence-electron chi connectivity index (χ0n) is 38.5. The Balaban J connectivity index is 0.859. The van der Waals surface area contributed by atoms with Crippen molar-refractivity contribution < 1.29 is 56.2 Å². The average molecular weight is 1030 g/mol. The maximum atomic E-state index is 13.4. The number of hydrogen-bond acceptors (Lipinski definition) is 18. The lowest BCUT2D eigenvalue weighted by Crippen LogP contribution is -2.31. The van der Waals surface area contributed by atoms with Gasteiger partial charge in [-0.1, -0.05) is 63.5 Å². The summed E-state index contributed by atoms with van der Waals surface area (Å²) in [6, 6.07) is 14.4. The standard InChI is InChI=1S/C45H60N8O14P2S/c46-22-9-7-5-3-1-2-4-6-8-10-24-61-33-17-13-32(14-18-33)44(55)65-34-15-11-31(12-16-34)28-70-69(59,60)63-27-37-36(25-40(66-37)53-30-50-41-42(47)48-29-49-43(41)53)67-68(57,58)62-26-35-19-20-39(64-35)52-23-21-38(54)51-45(52)56/h11-18,21,23,29-30,35-37,39-40H,1-10,19-20,22,24-28,46H2,(H,57,58)(H,59,60)(H2,47,48,49)(H,51,54,56)/t35-,36-,37+,39+,40+/m0/s1. The lowest BCUT2D eigenvalue weighted by Gasteiger charge is -2.23. The Hall–Kier alpha value is -4.77. The number of aromatic nitrogens is 6. The quantitative estimate of drug-likeness (QED) is 0.0147. The molecule has 7 rings (SSSR count). The van der Waals surface area contributed by atoms with E-state index in [0.29, 0.717) is 58.9 Å². The number of imidazole rings is 1. The predicted octanol–water partition coefficient (Wildman–Crippen LogP) is 6.93. The molecule has 0 amide bonds. The summed E-state index contributed by atoms with van der Waals surface area (Å²) in [6.07, 6.45) is 11.9. The van der Waals surface area contributed by atoms with Gasteiger partial charge in [-0.3, -0.25) is 32.5 Å². The average Bonchev–Trinajstić information content (AvgIpc) is 4.10.